The van der Waals surface area contributed by atoms with Crippen LogP contribution in [0.25, 0.3) is 0 Å². The van der Waals surface area contributed by atoms with Crippen LogP contribution >= 0.6 is 0 Å². The number of nitrogens with one attached hydrogen (secondary N) is 1. The highest BCUT2D eigenvalue weighted by Crippen LogP contribution is 2.22. The van der Waals surface area contributed by atoms with Crippen molar-refractivity contribution < 1.29 is 39.8 Å². The van der Waals surface area contributed by atoms with E-state index in [0.29, 0.717) is 12.8 Å². The summed E-state index contributed by atoms with van der Waals surface area (Å²) in [6.07, 6.45) is 56.0. The van der Waals surface area contributed by atoms with Gasteiger partial charge in [-0.15, -0.1) is 0 Å². The Morgan fingerprint density at radius 3 is 1.50 bits per heavy atom. The molecule has 6 N–H and O–H groups in total. The molecular formula is C55H93NO8. The Bertz CT molecular complexity index is 1320. The zero-order valence-corrected chi connectivity index (χ0v) is 40.2. The van der Waals surface area contributed by atoms with Crippen LogP contribution in [-0.4, -0.2) is 87.5 Å². The van der Waals surface area contributed by atoms with Crippen molar-refractivity contribution >= 4 is 5.91 Å². The minimum atomic E-state index is -1.59. The number of aliphatic hydroxyl groups excluding tert-OH is 5. The molecule has 0 radical (unpaired) electrons. The van der Waals surface area contributed by atoms with Crippen molar-refractivity contribution in [2.45, 2.75) is 230 Å². The van der Waals surface area contributed by atoms with Crippen LogP contribution in [0.3, 0.4) is 0 Å². The van der Waals surface area contributed by atoms with Crippen LogP contribution in [0.15, 0.2) is 97.2 Å². The van der Waals surface area contributed by atoms with Crippen LogP contribution < -0.4 is 5.32 Å². The van der Waals surface area contributed by atoms with Crippen molar-refractivity contribution in [1.82, 2.24) is 5.32 Å². The second-order valence-corrected chi connectivity index (χ2v) is 17.2. The van der Waals surface area contributed by atoms with Crippen molar-refractivity contribution in [2.75, 3.05) is 13.2 Å². The number of hydrogen-bond acceptors (Lipinski definition) is 8. The molecule has 9 heteroatoms. The van der Waals surface area contributed by atoms with E-state index in [1.165, 1.54) is 77.0 Å². The normalized spacial score (nSPS) is 20.9. The van der Waals surface area contributed by atoms with Gasteiger partial charge < -0.3 is 40.3 Å². The largest absolute Gasteiger partial charge is 0.394 e. The Hall–Kier alpha value is -2.89. The van der Waals surface area contributed by atoms with Gasteiger partial charge in [0.1, 0.15) is 24.4 Å². The molecule has 0 aromatic rings. The lowest BCUT2D eigenvalue weighted by molar-refractivity contribution is -0.302. The molecule has 1 aliphatic rings. The number of hydrogen-bond donors (Lipinski definition) is 6. The van der Waals surface area contributed by atoms with Gasteiger partial charge in [-0.05, 0) is 89.9 Å². The van der Waals surface area contributed by atoms with Crippen LogP contribution in [0.5, 0.6) is 0 Å². The van der Waals surface area contributed by atoms with Crippen LogP contribution in [0, 0.1) is 0 Å². The summed E-state index contributed by atoms with van der Waals surface area (Å²) in [6, 6.07) is -0.852. The topological polar surface area (TPSA) is 149 Å². The highest BCUT2D eigenvalue weighted by Gasteiger charge is 2.44. The van der Waals surface area contributed by atoms with Gasteiger partial charge in [0.05, 0.1) is 25.4 Å². The molecule has 1 rings (SSSR count). The fourth-order valence-electron chi connectivity index (χ4n) is 7.33. The summed E-state index contributed by atoms with van der Waals surface area (Å²) in [5.41, 5.74) is 0. The zero-order valence-electron chi connectivity index (χ0n) is 40.2. The first-order valence-electron chi connectivity index (χ1n) is 25.5. The van der Waals surface area contributed by atoms with Gasteiger partial charge in [-0.2, -0.15) is 0 Å². The highest BCUT2D eigenvalue weighted by atomic mass is 16.7. The first-order valence-corrected chi connectivity index (χ1v) is 25.5. The Morgan fingerprint density at radius 2 is 0.984 bits per heavy atom. The molecule has 0 bridgehead atoms. The molecule has 1 amide bonds. The first kappa shape index (κ1) is 59.1. The molecule has 64 heavy (non-hydrogen) atoms. The standard InChI is InChI=1S/C55H93NO8/c1-3-5-7-9-11-13-15-17-19-21-23-24-25-27-28-30-32-34-36-38-40-42-44-49(58)48(47-63-55-54(62)53(61)52(60)50(46-57)64-55)56-51(59)45-43-41-39-37-35-33-31-29-26-22-20-18-16-14-12-10-8-6-4-2/h6,8,12,14,18,20,26-29,33-36,42,44,48-50,52-55,57-58,60-62H,3-5,7,9-11,13,15-17,19,21-25,30-32,37-41,43,45-47H2,1-2H3,(H,56,59)/b8-6-,14-12-,20-18-,28-27+,29-26-,35-33-,36-34+,44-42+. The Labute approximate surface area is 390 Å². The van der Waals surface area contributed by atoms with Crippen molar-refractivity contribution in [2.24, 2.45) is 0 Å². The van der Waals surface area contributed by atoms with Crippen molar-refractivity contribution in [3.8, 4) is 0 Å². The van der Waals surface area contributed by atoms with Gasteiger partial charge in [-0.25, -0.2) is 0 Å². The lowest BCUT2D eigenvalue weighted by Gasteiger charge is -2.40. The van der Waals surface area contributed by atoms with Gasteiger partial charge in [0.2, 0.25) is 5.91 Å². The summed E-state index contributed by atoms with van der Waals surface area (Å²) >= 11 is 0. The van der Waals surface area contributed by atoms with Crippen LogP contribution in [-0.2, 0) is 14.3 Å². The Kier molecular flexibility index (Phi) is 40.6. The van der Waals surface area contributed by atoms with E-state index >= 15 is 0 Å². The van der Waals surface area contributed by atoms with E-state index in [1.807, 2.05) is 6.08 Å². The molecule has 7 atom stereocenters. The number of aliphatic hydroxyl groups is 5. The van der Waals surface area contributed by atoms with E-state index in [9.17, 15) is 30.3 Å². The second-order valence-electron chi connectivity index (χ2n) is 17.2. The number of ether oxygens (including phenoxy) is 2. The molecule has 366 valence electrons. The second kappa shape index (κ2) is 44.0. The number of rotatable bonds is 41. The summed E-state index contributed by atoms with van der Waals surface area (Å²) in [4.78, 5) is 13.0. The average Bonchev–Trinajstić information content (AvgIpc) is 3.29. The maximum absolute atomic E-state index is 13.0. The Morgan fingerprint density at radius 1 is 0.547 bits per heavy atom. The minimum Gasteiger partial charge on any atom is -0.394 e. The van der Waals surface area contributed by atoms with Crippen LogP contribution in [0.4, 0.5) is 0 Å². The molecule has 0 aliphatic carbocycles. The molecule has 0 spiro atoms. The quantitative estimate of drug-likeness (QED) is 0.0262. The molecule has 7 unspecified atom stereocenters. The third-order valence-electron chi connectivity index (χ3n) is 11.4. The lowest BCUT2D eigenvalue weighted by Crippen LogP contribution is -2.60. The maximum atomic E-state index is 13.0. The SMILES string of the molecule is CC/C=C\C/C=C\C/C=C\C/C=C\C/C=C\CCCCCC(=O)NC(COC1OC(CO)C(O)C(O)C1O)C(O)/C=C/CC/C=C/CC/C=C/CCCCCCCCCCCCCC. The fourth-order valence-corrected chi connectivity index (χ4v) is 7.33. The van der Waals surface area contributed by atoms with Crippen molar-refractivity contribution in [1.29, 1.82) is 0 Å². The molecule has 1 aliphatic heterocycles. The monoisotopic (exact) mass is 896 g/mol. The molecule has 1 heterocycles. The Balaban J connectivity index is 2.38. The van der Waals surface area contributed by atoms with E-state index in [1.54, 1.807) is 6.08 Å². The number of amides is 1. The van der Waals surface area contributed by atoms with E-state index in [0.717, 1.165) is 77.0 Å². The molecule has 0 aromatic heterocycles. The summed E-state index contributed by atoms with van der Waals surface area (Å²) in [5.74, 6) is -0.226. The van der Waals surface area contributed by atoms with Gasteiger partial charge in [0, 0.05) is 6.42 Å². The van der Waals surface area contributed by atoms with Crippen molar-refractivity contribution in [3.05, 3.63) is 97.2 Å². The molecular weight excluding hydrogens is 803 g/mol. The van der Waals surface area contributed by atoms with E-state index in [4.69, 9.17) is 9.47 Å². The summed E-state index contributed by atoms with van der Waals surface area (Å²) in [6.45, 7) is 3.61. The number of carbonyl (C=O) groups is 1. The predicted octanol–water partition coefficient (Wildman–Crippen LogP) is 11.7. The summed E-state index contributed by atoms with van der Waals surface area (Å²) < 4.78 is 11.2. The number of allylic oxidation sites excluding steroid dienone is 15. The zero-order chi connectivity index (χ0) is 46.6. The van der Waals surface area contributed by atoms with E-state index < -0.39 is 49.5 Å². The molecule has 0 saturated carbocycles. The molecule has 1 saturated heterocycles. The lowest BCUT2D eigenvalue weighted by atomic mass is 9.99. The molecule has 1 fully saturated rings. The van der Waals surface area contributed by atoms with Crippen LogP contribution in [0.1, 0.15) is 187 Å². The predicted molar refractivity (Wildman–Crippen MR) is 267 cm³/mol. The average molecular weight is 896 g/mol. The van der Waals surface area contributed by atoms with Gasteiger partial charge in [-0.3, -0.25) is 4.79 Å². The minimum absolute atomic E-state index is 0.225. The molecule has 0 aromatic carbocycles. The molecule has 9 nitrogen and oxygen atoms in total. The van der Waals surface area contributed by atoms with Crippen molar-refractivity contribution in [3.63, 3.8) is 0 Å². The smallest absolute Gasteiger partial charge is 0.220 e. The summed E-state index contributed by atoms with van der Waals surface area (Å²) in [5, 5.41) is 54.3. The van der Waals surface area contributed by atoms with Gasteiger partial charge in [-0.1, -0.05) is 188 Å². The third-order valence-corrected chi connectivity index (χ3v) is 11.4. The van der Waals surface area contributed by atoms with Crippen LogP contribution in [0.2, 0.25) is 0 Å². The first-order chi connectivity index (χ1) is 31.3. The number of carbonyl (C=O) groups excluding carboxylic acids is 1. The third kappa shape index (κ3) is 33.6. The van der Waals surface area contributed by atoms with E-state index in [2.05, 4.69) is 104 Å². The maximum Gasteiger partial charge on any atom is 0.220 e. The van der Waals surface area contributed by atoms with Gasteiger partial charge in [0.25, 0.3) is 0 Å². The summed E-state index contributed by atoms with van der Waals surface area (Å²) in [7, 11) is 0. The van der Waals surface area contributed by atoms with Gasteiger partial charge >= 0.3 is 0 Å². The number of unbranched alkanes of at least 4 members (excludes halogenated alkanes) is 17. The fraction of sp³-hybridized carbons (Fsp3) is 0.691. The van der Waals surface area contributed by atoms with E-state index in [-0.39, 0.29) is 18.9 Å². The van der Waals surface area contributed by atoms with Gasteiger partial charge in [0.15, 0.2) is 6.29 Å². The highest BCUT2D eigenvalue weighted by molar-refractivity contribution is 5.76.